The fourth-order valence-electron chi connectivity index (χ4n) is 2.21. The normalized spacial score (nSPS) is 19.4. The highest BCUT2D eigenvalue weighted by molar-refractivity contribution is 5.06. The van der Waals surface area contributed by atoms with E-state index in [-0.39, 0.29) is 0 Å². The molecule has 1 saturated carbocycles. The van der Waals surface area contributed by atoms with Crippen molar-refractivity contribution in [1.82, 2.24) is 9.55 Å². The minimum absolute atomic E-state index is 0.681. The van der Waals surface area contributed by atoms with Crippen LogP contribution in [0.5, 0.6) is 0 Å². The molecule has 1 heterocycles. The molecule has 1 aliphatic rings. The van der Waals surface area contributed by atoms with Crippen LogP contribution < -0.4 is 0 Å². The summed E-state index contributed by atoms with van der Waals surface area (Å²) in [6.07, 6.45) is 6.76. The van der Waals surface area contributed by atoms with Crippen LogP contribution in [0.15, 0.2) is 12.4 Å². The second kappa shape index (κ2) is 3.17. The van der Waals surface area contributed by atoms with Crippen molar-refractivity contribution in [3.8, 4) is 0 Å². The van der Waals surface area contributed by atoms with E-state index in [9.17, 15) is 0 Å². The lowest BCUT2D eigenvalue weighted by atomic mass is 9.90. The fourth-order valence-corrected chi connectivity index (χ4v) is 2.21. The minimum Gasteiger partial charge on any atom is -0.338 e. The molecule has 0 aromatic carbocycles. The third-order valence-corrected chi connectivity index (χ3v) is 3.00. The summed E-state index contributed by atoms with van der Waals surface area (Å²) in [6.45, 7) is 4.61. The first-order valence-corrected chi connectivity index (χ1v) is 5.17. The third-order valence-electron chi connectivity index (χ3n) is 3.00. The Balaban J connectivity index is 2.24. The van der Waals surface area contributed by atoms with Crippen molar-refractivity contribution in [2.75, 3.05) is 0 Å². The van der Waals surface area contributed by atoms with Crippen LogP contribution in [0.1, 0.15) is 38.4 Å². The lowest BCUT2D eigenvalue weighted by Crippen LogP contribution is -2.14. The molecular weight excluding hydrogens is 160 g/mol. The zero-order chi connectivity index (χ0) is 9.42. The van der Waals surface area contributed by atoms with E-state index >= 15 is 0 Å². The van der Waals surface area contributed by atoms with Crippen LogP contribution in [0.3, 0.4) is 0 Å². The molecule has 1 atom stereocenters. The largest absolute Gasteiger partial charge is 0.338 e. The molecule has 0 N–H and O–H groups in total. The summed E-state index contributed by atoms with van der Waals surface area (Å²) in [6, 6.07) is 0. The number of hydrogen-bond donors (Lipinski definition) is 0. The summed E-state index contributed by atoms with van der Waals surface area (Å²) < 4.78 is 2.17. The number of aromatic nitrogens is 2. The number of imidazole rings is 1. The third kappa shape index (κ3) is 1.62. The summed E-state index contributed by atoms with van der Waals surface area (Å²) in [4.78, 5) is 4.46. The highest BCUT2D eigenvalue weighted by Gasteiger charge is 2.36. The SMILES string of the molecule is CC(C)C(c1nccn1C)C1CC1. The van der Waals surface area contributed by atoms with Gasteiger partial charge in [0.15, 0.2) is 0 Å². The van der Waals surface area contributed by atoms with Crippen LogP contribution in [0.2, 0.25) is 0 Å². The Morgan fingerprint density at radius 3 is 2.54 bits per heavy atom. The van der Waals surface area contributed by atoms with Gasteiger partial charge in [-0.1, -0.05) is 13.8 Å². The molecule has 2 nitrogen and oxygen atoms in total. The maximum Gasteiger partial charge on any atom is 0.112 e. The van der Waals surface area contributed by atoms with Crippen molar-refractivity contribution in [3.63, 3.8) is 0 Å². The second-order valence-electron chi connectivity index (χ2n) is 4.50. The van der Waals surface area contributed by atoms with Crippen LogP contribution in [-0.4, -0.2) is 9.55 Å². The topological polar surface area (TPSA) is 17.8 Å². The molecule has 1 unspecified atom stereocenters. The summed E-state index contributed by atoms with van der Waals surface area (Å²) in [7, 11) is 2.10. The molecule has 1 fully saturated rings. The predicted molar refractivity (Wildman–Crippen MR) is 53.5 cm³/mol. The number of rotatable bonds is 3. The van der Waals surface area contributed by atoms with Crippen LogP contribution in [0.4, 0.5) is 0 Å². The predicted octanol–water partition coefficient (Wildman–Crippen LogP) is 2.57. The van der Waals surface area contributed by atoms with Gasteiger partial charge in [-0.05, 0) is 24.7 Å². The second-order valence-corrected chi connectivity index (χ2v) is 4.50. The maximum atomic E-state index is 4.46. The Hall–Kier alpha value is -0.790. The van der Waals surface area contributed by atoms with Gasteiger partial charge in [-0.2, -0.15) is 0 Å². The average molecular weight is 178 g/mol. The van der Waals surface area contributed by atoms with E-state index < -0.39 is 0 Å². The first kappa shape index (κ1) is 8.79. The monoisotopic (exact) mass is 178 g/mol. The van der Waals surface area contributed by atoms with Gasteiger partial charge in [0, 0.05) is 25.4 Å². The molecule has 0 radical (unpaired) electrons. The van der Waals surface area contributed by atoms with E-state index in [1.165, 1.54) is 18.7 Å². The number of aryl methyl sites for hydroxylation is 1. The summed E-state index contributed by atoms with van der Waals surface area (Å²) >= 11 is 0. The molecule has 13 heavy (non-hydrogen) atoms. The van der Waals surface area contributed by atoms with Gasteiger partial charge in [-0.3, -0.25) is 0 Å². The fraction of sp³-hybridized carbons (Fsp3) is 0.727. The summed E-state index contributed by atoms with van der Waals surface area (Å²) in [5.41, 5.74) is 0. The molecule has 72 valence electrons. The van der Waals surface area contributed by atoms with Gasteiger partial charge in [-0.25, -0.2) is 4.98 Å². The van der Waals surface area contributed by atoms with Crippen molar-refractivity contribution in [3.05, 3.63) is 18.2 Å². The lowest BCUT2D eigenvalue weighted by Gasteiger charge is -2.19. The molecule has 1 aromatic rings. The van der Waals surface area contributed by atoms with E-state index in [0.29, 0.717) is 11.8 Å². The van der Waals surface area contributed by atoms with Crippen LogP contribution >= 0.6 is 0 Å². The van der Waals surface area contributed by atoms with E-state index in [1.807, 2.05) is 12.4 Å². The minimum atomic E-state index is 0.681. The highest BCUT2D eigenvalue weighted by Crippen LogP contribution is 2.45. The molecular formula is C11H18N2. The quantitative estimate of drug-likeness (QED) is 0.695. The van der Waals surface area contributed by atoms with Crippen molar-refractivity contribution >= 4 is 0 Å². The van der Waals surface area contributed by atoms with Crippen molar-refractivity contribution in [2.24, 2.45) is 18.9 Å². The smallest absolute Gasteiger partial charge is 0.112 e. The molecule has 0 aliphatic heterocycles. The van der Waals surface area contributed by atoms with Crippen molar-refractivity contribution < 1.29 is 0 Å². The van der Waals surface area contributed by atoms with E-state index in [0.717, 1.165) is 5.92 Å². The maximum absolute atomic E-state index is 4.46. The number of hydrogen-bond acceptors (Lipinski definition) is 1. The van der Waals surface area contributed by atoms with Gasteiger partial charge >= 0.3 is 0 Å². The number of nitrogens with zero attached hydrogens (tertiary/aromatic N) is 2. The highest BCUT2D eigenvalue weighted by atomic mass is 15.0. The molecule has 2 heteroatoms. The van der Waals surface area contributed by atoms with Crippen molar-refractivity contribution in [1.29, 1.82) is 0 Å². The first-order valence-electron chi connectivity index (χ1n) is 5.17. The zero-order valence-corrected chi connectivity index (χ0v) is 8.70. The van der Waals surface area contributed by atoms with E-state index in [4.69, 9.17) is 0 Å². The standard InChI is InChI=1S/C11H18N2/c1-8(2)10(9-4-5-9)11-12-6-7-13(11)3/h6-10H,4-5H2,1-3H3. The van der Waals surface area contributed by atoms with Gasteiger partial charge in [0.2, 0.25) is 0 Å². The Morgan fingerprint density at radius 2 is 2.15 bits per heavy atom. The molecule has 0 saturated heterocycles. The van der Waals surface area contributed by atoms with Gasteiger partial charge in [0.1, 0.15) is 5.82 Å². The Kier molecular flexibility index (Phi) is 2.14. The van der Waals surface area contributed by atoms with E-state index in [2.05, 4.69) is 30.4 Å². The van der Waals surface area contributed by atoms with E-state index in [1.54, 1.807) is 0 Å². The first-order chi connectivity index (χ1) is 6.20. The summed E-state index contributed by atoms with van der Waals surface area (Å²) in [5, 5.41) is 0. The van der Waals surface area contributed by atoms with Gasteiger partial charge in [0.05, 0.1) is 0 Å². The van der Waals surface area contributed by atoms with Gasteiger partial charge in [-0.15, -0.1) is 0 Å². The van der Waals surface area contributed by atoms with Crippen LogP contribution in [-0.2, 0) is 7.05 Å². The Bertz CT molecular complexity index is 282. The average Bonchev–Trinajstić information content (AvgIpc) is 2.78. The molecule has 1 aromatic heterocycles. The molecule has 0 bridgehead atoms. The van der Waals surface area contributed by atoms with Crippen molar-refractivity contribution in [2.45, 2.75) is 32.6 Å². The molecule has 1 aliphatic carbocycles. The summed E-state index contributed by atoms with van der Waals surface area (Å²) in [5.74, 6) is 3.58. The molecule has 2 rings (SSSR count). The van der Waals surface area contributed by atoms with Crippen LogP contribution in [0, 0.1) is 11.8 Å². The molecule has 0 amide bonds. The lowest BCUT2D eigenvalue weighted by molar-refractivity contribution is 0.420. The van der Waals surface area contributed by atoms with Gasteiger partial charge in [0.25, 0.3) is 0 Å². The van der Waals surface area contributed by atoms with Crippen LogP contribution in [0.25, 0.3) is 0 Å². The Morgan fingerprint density at radius 1 is 1.46 bits per heavy atom. The Labute approximate surface area is 80.0 Å². The van der Waals surface area contributed by atoms with Gasteiger partial charge < -0.3 is 4.57 Å². The molecule has 0 spiro atoms. The zero-order valence-electron chi connectivity index (χ0n) is 8.70.